The Labute approximate surface area is 151 Å². The number of alkyl halides is 2. The van der Waals surface area contributed by atoms with E-state index in [9.17, 15) is 22.4 Å². The summed E-state index contributed by atoms with van der Waals surface area (Å²) in [5.41, 5.74) is -1.21. The van der Waals surface area contributed by atoms with Crippen molar-refractivity contribution in [2.45, 2.75) is 25.2 Å². The molecule has 0 aromatic carbocycles. The second kappa shape index (κ2) is 7.86. The van der Waals surface area contributed by atoms with Crippen LogP contribution in [0.2, 0.25) is 5.02 Å². The van der Waals surface area contributed by atoms with Crippen molar-refractivity contribution in [3.63, 3.8) is 0 Å². The quantitative estimate of drug-likeness (QED) is 0.547. The lowest BCUT2D eigenvalue weighted by atomic mass is 9.96. The molecular weight excluding hydrogens is 378 g/mol. The summed E-state index contributed by atoms with van der Waals surface area (Å²) in [6, 6.07) is 3.89. The third kappa shape index (κ3) is 4.04. The molecule has 2 aromatic rings. The maximum atomic E-state index is 14.6. The number of anilines is 1. The summed E-state index contributed by atoms with van der Waals surface area (Å²) in [7, 11) is 0. The average Bonchev–Trinajstić information content (AvgIpc) is 2.61. The lowest BCUT2D eigenvalue weighted by molar-refractivity contribution is -0.138. The molecule has 0 amide bonds. The first-order chi connectivity index (χ1) is 12.2. The Morgan fingerprint density at radius 2 is 2.08 bits per heavy atom. The molecule has 2 heterocycles. The molecule has 0 fully saturated rings. The fourth-order valence-electron chi connectivity index (χ4n) is 2.32. The number of carbonyl (C=O) groups is 1. The van der Waals surface area contributed by atoms with Crippen LogP contribution in [0.15, 0.2) is 24.4 Å². The van der Waals surface area contributed by atoms with Gasteiger partial charge in [-0.05, 0) is 18.6 Å². The van der Waals surface area contributed by atoms with Crippen molar-refractivity contribution >= 4 is 23.4 Å². The van der Waals surface area contributed by atoms with E-state index >= 15 is 0 Å². The van der Waals surface area contributed by atoms with Crippen molar-refractivity contribution in [1.29, 1.82) is 0 Å². The summed E-state index contributed by atoms with van der Waals surface area (Å²) in [6.07, 6.45) is 1.08. The van der Waals surface area contributed by atoms with Crippen LogP contribution >= 0.6 is 11.6 Å². The molecule has 2 aromatic heterocycles. The van der Waals surface area contributed by atoms with Gasteiger partial charge in [0.25, 0.3) is 0 Å². The molecule has 10 heteroatoms. The zero-order valence-corrected chi connectivity index (χ0v) is 14.2. The number of carboxylic acid groups (broad SMARTS) is 1. The molecule has 2 rings (SSSR count). The molecule has 0 saturated carbocycles. The highest BCUT2D eigenvalue weighted by atomic mass is 35.5. The van der Waals surface area contributed by atoms with E-state index in [4.69, 9.17) is 16.7 Å². The number of hydrogen-bond acceptors (Lipinski definition) is 4. The Morgan fingerprint density at radius 3 is 2.62 bits per heavy atom. The summed E-state index contributed by atoms with van der Waals surface area (Å²) < 4.78 is 56.7. The highest BCUT2D eigenvalue weighted by Gasteiger charge is 2.35. The lowest BCUT2D eigenvalue weighted by Gasteiger charge is -2.19. The van der Waals surface area contributed by atoms with Crippen LogP contribution < -0.4 is 5.32 Å². The largest absolute Gasteiger partial charge is 0.481 e. The average molecular weight is 392 g/mol. The number of aliphatic carboxylic acids is 1. The van der Waals surface area contributed by atoms with Crippen molar-refractivity contribution in [3.8, 4) is 0 Å². The zero-order chi connectivity index (χ0) is 19.5. The van der Waals surface area contributed by atoms with Crippen molar-refractivity contribution in [2.75, 3.05) is 11.9 Å². The lowest BCUT2D eigenvalue weighted by Crippen LogP contribution is -2.27. The normalized spacial score (nSPS) is 12.7. The van der Waals surface area contributed by atoms with E-state index in [1.807, 2.05) is 5.32 Å². The predicted octanol–water partition coefficient (Wildman–Crippen LogP) is 4.19. The molecule has 26 heavy (non-hydrogen) atoms. The van der Waals surface area contributed by atoms with Gasteiger partial charge >= 0.3 is 11.9 Å². The number of halogens is 5. The molecule has 0 saturated heterocycles. The monoisotopic (exact) mass is 391 g/mol. The van der Waals surface area contributed by atoms with Crippen LogP contribution in [-0.4, -0.2) is 27.6 Å². The molecule has 0 radical (unpaired) electrons. The Morgan fingerprint density at radius 1 is 1.38 bits per heavy atom. The SMILES string of the molecule is CCC(C(=O)O)c1c(F)c(NCC(F)(F)c2ccccn2)nc(F)c1Cl. The van der Waals surface area contributed by atoms with E-state index in [1.165, 1.54) is 25.3 Å². The molecule has 140 valence electrons. The number of nitrogens with one attached hydrogen (secondary N) is 1. The topological polar surface area (TPSA) is 75.1 Å². The van der Waals surface area contributed by atoms with Gasteiger partial charge in [0.1, 0.15) is 10.7 Å². The first-order valence-corrected chi connectivity index (χ1v) is 7.87. The van der Waals surface area contributed by atoms with Crippen LogP contribution in [0.3, 0.4) is 0 Å². The third-order valence-electron chi connectivity index (χ3n) is 3.64. The Balaban J connectivity index is 2.36. The second-order valence-electron chi connectivity index (χ2n) is 5.36. The number of rotatable bonds is 7. The minimum Gasteiger partial charge on any atom is -0.481 e. The number of pyridine rings is 2. The van der Waals surface area contributed by atoms with Crippen LogP contribution in [-0.2, 0) is 10.7 Å². The number of aromatic nitrogens is 2. The van der Waals surface area contributed by atoms with E-state index < -0.39 is 58.2 Å². The third-order valence-corrected chi connectivity index (χ3v) is 4.00. The Kier molecular flexibility index (Phi) is 6.01. The van der Waals surface area contributed by atoms with Gasteiger partial charge in [-0.3, -0.25) is 9.78 Å². The second-order valence-corrected chi connectivity index (χ2v) is 5.74. The van der Waals surface area contributed by atoms with Gasteiger partial charge in [0, 0.05) is 11.8 Å². The number of hydrogen-bond donors (Lipinski definition) is 2. The van der Waals surface area contributed by atoms with Gasteiger partial charge in [0.15, 0.2) is 11.6 Å². The van der Waals surface area contributed by atoms with Gasteiger partial charge < -0.3 is 10.4 Å². The molecule has 0 spiro atoms. The summed E-state index contributed by atoms with van der Waals surface area (Å²) in [4.78, 5) is 17.9. The Hall–Kier alpha value is -2.42. The first-order valence-electron chi connectivity index (χ1n) is 7.49. The standard InChI is InChI=1S/C16H14ClF4N3O2/c1-2-8(15(25)26)10-11(17)13(19)24-14(12(10)18)23-7-16(20,21)9-5-3-4-6-22-9/h3-6,8H,2,7H2,1H3,(H,23,24)(H,25,26). The van der Waals surface area contributed by atoms with Gasteiger partial charge in [0.2, 0.25) is 5.95 Å². The van der Waals surface area contributed by atoms with Crippen LogP contribution in [0, 0.1) is 11.8 Å². The fraction of sp³-hybridized carbons (Fsp3) is 0.312. The molecule has 0 aliphatic carbocycles. The smallest absolute Gasteiger partial charge is 0.311 e. The maximum absolute atomic E-state index is 14.6. The highest BCUT2D eigenvalue weighted by Crippen LogP contribution is 2.35. The van der Waals surface area contributed by atoms with Crippen molar-refractivity contribution in [3.05, 3.63) is 52.4 Å². The summed E-state index contributed by atoms with van der Waals surface area (Å²) in [6.45, 7) is 0.313. The van der Waals surface area contributed by atoms with Gasteiger partial charge in [-0.25, -0.2) is 4.39 Å². The predicted molar refractivity (Wildman–Crippen MR) is 86.5 cm³/mol. The van der Waals surface area contributed by atoms with Crippen LogP contribution in [0.1, 0.15) is 30.5 Å². The molecule has 1 atom stereocenters. The molecule has 0 aliphatic rings. The number of carboxylic acids is 1. The molecule has 0 bridgehead atoms. The summed E-state index contributed by atoms with van der Waals surface area (Å²) in [5, 5.41) is 10.4. The molecule has 5 nitrogen and oxygen atoms in total. The maximum Gasteiger partial charge on any atom is 0.311 e. The summed E-state index contributed by atoms with van der Waals surface area (Å²) in [5.74, 6) is -9.87. The molecule has 2 N–H and O–H groups in total. The van der Waals surface area contributed by atoms with E-state index in [-0.39, 0.29) is 6.42 Å². The molecule has 1 unspecified atom stereocenters. The Bertz CT molecular complexity index is 806. The van der Waals surface area contributed by atoms with Crippen molar-refractivity contribution < 1.29 is 27.5 Å². The zero-order valence-electron chi connectivity index (χ0n) is 13.4. The van der Waals surface area contributed by atoms with E-state index in [2.05, 4.69) is 9.97 Å². The van der Waals surface area contributed by atoms with Gasteiger partial charge in [-0.2, -0.15) is 18.2 Å². The van der Waals surface area contributed by atoms with E-state index in [0.29, 0.717) is 0 Å². The minimum atomic E-state index is -3.50. The number of nitrogens with zero attached hydrogens (tertiary/aromatic N) is 2. The summed E-state index contributed by atoms with van der Waals surface area (Å²) >= 11 is 5.65. The van der Waals surface area contributed by atoms with Gasteiger partial charge in [-0.1, -0.05) is 24.6 Å². The van der Waals surface area contributed by atoms with Crippen LogP contribution in [0.5, 0.6) is 0 Å². The van der Waals surface area contributed by atoms with Crippen molar-refractivity contribution in [2.24, 2.45) is 0 Å². The van der Waals surface area contributed by atoms with E-state index in [0.717, 1.165) is 6.07 Å². The minimum absolute atomic E-state index is 0.0844. The van der Waals surface area contributed by atoms with E-state index in [1.54, 1.807) is 0 Å². The van der Waals surface area contributed by atoms with Gasteiger partial charge in [0.05, 0.1) is 12.5 Å². The van der Waals surface area contributed by atoms with Gasteiger partial charge in [-0.15, -0.1) is 0 Å². The molecule has 0 aliphatic heterocycles. The van der Waals surface area contributed by atoms with Crippen LogP contribution in [0.25, 0.3) is 0 Å². The van der Waals surface area contributed by atoms with Crippen molar-refractivity contribution in [1.82, 2.24) is 9.97 Å². The highest BCUT2D eigenvalue weighted by molar-refractivity contribution is 6.31. The molecular formula is C16H14ClF4N3O2. The first kappa shape index (κ1) is 19.9. The fourth-order valence-corrected chi connectivity index (χ4v) is 2.58. The van der Waals surface area contributed by atoms with Crippen LogP contribution in [0.4, 0.5) is 23.4 Å².